The quantitative estimate of drug-likeness (QED) is 0.545. The molecular formula is C13H8ClOS+. The molecule has 0 unspecified atom stereocenters. The molecule has 0 atom stereocenters. The lowest BCUT2D eigenvalue weighted by atomic mass is 10.2. The fourth-order valence-electron chi connectivity index (χ4n) is 1.58. The Kier molecular flexibility index (Phi) is 2.39. The van der Waals surface area contributed by atoms with Crippen LogP contribution in [0, 0.1) is 0 Å². The Labute approximate surface area is 102 Å². The van der Waals surface area contributed by atoms with Gasteiger partial charge in [0.1, 0.15) is 10.3 Å². The normalized spacial score (nSPS) is 10.8. The summed E-state index contributed by atoms with van der Waals surface area (Å²) in [4.78, 5) is 0. The summed E-state index contributed by atoms with van der Waals surface area (Å²) in [6.07, 6.45) is 0. The Balaban J connectivity index is 2.23. The number of para-hydroxylation sites is 1. The van der Waals surface area contributed by atoms with E-state index in [-0.39, 0.29) is 0 Å². The van der Waals surface area contributed by atoms with Crippen molar-refractivity contribution >= 4 is 33.2 Å². The standard InChI is InChI=1S/C13H8ClOS/c14-10-6-2-1-5-9(10)13-15-11-7-3-4-8-12(11)16-13/h1-8H/q+1. The van der Waals surface area contributed by atoms with Crippen LogP contribution in [0.1, 0.15) is 0 Å². The first kappa shape index (κ1) is 9.82. The molecule has 1 aromatic heterocycles. The summed E-state index contributed by atoms with van der Waals surface area (Å²) in [5.41, 5.74) is 1.85. The van der Waals surface area contributed by atoms with Crippen LogP contribution >= 0.6 is 22.9 Å². The SMILES string of the molecule is Clc1ccccc1-c1[o+]c2ccccc2s1. The third-order valence-electron chi connectivity index (χ3n) is 2.35. The molecular weight excluding hydrogens is 240 g/mol. The molecule has 0 aliphatic rings. The first-order chi connectivity index (χ1) is 7.84. The second-order valence-corrected chi connectivity index (χ2v) is 4.84. The number of fused-ring (bicyclic) bond motifs is 1. The van der Waals surface area contributed by atoms with E-state index in [4.69, 9.17) is 16.0 Å². The van der Waals surface area contributed by atoms with E-state index in [1.54, 1.807) is 11.3 Å². The van der Waals surface area contributed by atoms with Gasteiger partial charge in [-0.15, -0.1) is 0 Å². The van der Waals surface area contributed by atoms with E-state index in [0.29, 0.717) is 0 Å². The highest BCUT2D eigenvalue weighted by Crippen LogP contribution is 2.36. The Morgan fingerprint density at radius 2 is 1.69 bits per heavy atom. The van der Waals surface area contributed by atoms with Crippen molar-refractivity contribution in [2.75, 3.05) is 0 Å². The van der Waals surface area contributed by atoms with E-state index in [1.165, 1.54) is 0 Å². The van der Waals surface area contributed by atoms with Crippen LogP contribution < -0.4 is 0 Å². The average molecular weight is 248 g/mol. The van der Waals surface area contributed by atoms with E-state index in [9.17, 15) is 0 Å². The maximum absolute atomic E-state index is 6.13. The van der Waals surface area contributed by atoms with Crippen LogP contribution in [0.4, 0.5) is 0 Å². The van der Waals surface area contributed by atoms with E-state index in [0.717, 1.165) is 25.9 Å². The Morgan fingerprint density at radius 3 is 2.50 bits per heavy atom. The highest BCUT2D eigenvalue weighted by molar-refractivity contribution is 7.21. The van der Waals surface area contributed by atoms with Crippen molar-refractivity contribution in [3.8, 4) is 10.6 Å². The van der Waals surface area contributed by atoms with Crippen LogP contribution in [0.3, 0.4) is 0 Å². The second-order valence-electron chi connectivity index (χ2n) is 3.42. The number of benzene rings is 2. The molecule has 0 amide bonds. The highest BCUT2D eigenvalue weighted by atomic mass is 35.5. The van der Waals surface area contributed by atoms with E-state index in [2.05, 4.69) is 0 Å². The highest BCUT2D eigenvalue weighted by Gasteiger charge is 2.21. The van der Waals surface area contributed by atoms with Crippen molar-refractivity contribution in [2.45, 2.75) is 0 Å². The largest absolute Gasteiger partial charge is 0.419 e. The summed E-state index contributed by atoms with van der Waals surface area (Å²) in [5, 5.41) is 1.57. The van der Waals surface area contributed by atoms with Gasteiger partial charge in [-0.3, -0.25) is 0 Å². The zero-order valence-electron chi connectivity index (χ0n) is 8.31. The summed E-state index contributed by atoms with van der Waals surface area (Å²) < 4.78 is 6.91. The monoisotopic (exact) mass is 247 g/mol. The maximum atomic E-state index is 6.13. The molecule has 2 aromatic carbocycles. The van der Waals surface area contributed by atoms with Gasteiger partial charge in [-0.05, 0) is 29.5 Å². The van der Waals surface area contributed by atoms with Gasteiger partial charge >= 0.3 is 10.7 Å². The molecule has 0 N–H and O–H groups in total. The molecule has 0 spiro atoms. The Hall–Kier alpha value is -1.38. The summed E-state index contributed by atoms with van der Waals surface area (Å²) in [5.74, 6) is 0. The average Bonchev–Trinajstić information content (AvgIpc) is 2.73. The molecule has 3 heteroatoms. The van der Waals surface area contributed by atoms with E-state index >= 15 is 0 Å². The molecule has 3 aromatic rings. The van der Waals surface area contributed by atoms with E-state index in [1.807, 2.05) is 48.5 Å². The predicted octanol–water partition coefficient (Wildman–Crippen LogP) is 5.10. The second kappa shape index (κ2) is 3.89. The van der Waals surface area contributed by atoms with Crippen LogP contribution in [0.25, 0.3) is 20.9 Å². The molecule has 3 rings (SSSR count). The molecule has 0 radical (unpaired) electrons. The first-order valence-electron chi connectivity index (χ1n) is 4.91. The first-order valence-corrected chi connectivity index (χ1v) is 6.10. The lowest BCUT2D eigenvalue weighted by molar-refractivity contribution is 0.639. The van der Waals surface area contributed by atoms with Gasteiger partial charge in [-0.25, -0.2) is 0 Å². The van der Waals surface area contributed by atoms with Gasteiger partial charge in [0.25, 0.3) is 0 Å². The molecule has 1 heterocycles. The molecule has 1 nitrogen and oxygen atoms in total. The fraction of sp³-hybridized carbons (Fsp3) is 0. The van der Waals surface area contributed by atoms with Crippen LogP contribution in [0.2, 0.25) is 5.02 Å². The third kappa shape index (κ3) is 1.60. The van der Waals surface area contributed by atoms with Crippen molar-refractivity contribution in [1.82, 2.24) is 0 Å². The summed E-state index contributed by atoms with van der Waals surface area (Å²) in [6, 6.07) is 15.7. The summed E-state index contributed by atoms with van der Waals surface area (Å²) >= 11 is 7.75. The van der Waals surface area contributed by atoms with Gasteiger partial charge in [-0.1, -0.05) is 35.9 Å². The number of rotatable bonds is 1. The lowest BCUT2D eigenvalue weighted by Crippen LogP contribution is -1.72. The van der Waals surface area contributed by atoms with Gasteiger partial charge in [0.05, 0.1) is 5.02 Å². The number of halogens is 1. The zero-order valence-corrected chi connectivity index (χ0v) is 9.89. The minimum atomic E-state index is 0.720. The molecule has 0 saturated heterocycles. The molecule has 0 saturated carbocycles. The molecule has 0 bridgehead atoms. The van der Waals surface area contributed by atoms with E-state index < -0.39 is 0 Å². The molecule has 0 fully saturated rings. The maximum Gasteiger partial charge on any atom is 0.419 e. The van der Waals surface area contributed by atoms with Gasteiger partial charge in [0.2, 0.25) is 0 Å². The summed E-state index contributed by atoms with van der Waals surface area (Å²) in [7, 11) is 0. The fourth-order valence-corrected chi connectivity index (χ4v) is 2.83. The minimum absolute atomic E-state index is 0.720. The molecule has 0 aliphatic heterocycles. The third-order valence-corrected chi connectivity index (χ3v) is 3.72. The van der Waals surface area contributed by atoms with Gasteiger partial charge in [0, 0.05) is 6.07 Å². The number of hydrogen-bond donors (Lipinski definition) is 0. The summed E-state index contributed by atoms with van der Waals surface area (Å²) in [6.45, 7) is 0. The predicted molar refractivity (Wildman–Crippen MR) is 68.9 cm³/mol. The molecule has 16 heavy (non-hydrogen) atoms. The van der Waals surface area contributed by atoms with Crippen molar-refractivity contribution in [3.05, 3.63) is 53.6 Å². The van der Waals surface area contributed by atoms with Crippen LogP contribution in [-0.2, 0) is 0 Å². The van der Waals surface area contributed by atoms with Crippen LogP contribution in [0.15, 0.2) is 52.9 Å². The Bertz CT molecular complexity index is 612. The molecule has 0 aliphatic carbocycles. The smallest absolute Gasteiger partial charge is 0.194 e. The van der Waals surface area contributed by atoms with Crippen molar-refractivity contribution < 1.29 is 4.42 Å². The van der Waals surface area contributed by atoms with Crippen LogP contribution in [0.5, 0.6) is 0 Å². The number of hydrogen-bond acceptors (Lipinski definition) is 1. The molecule has 78 valence electrons. The van der Waals surface area contributed by atoms with Crippen molar-refractivity contribution in [2.24, 2.45) is 0 Å². The van der Waals surface area contributed by atoms with Gasteiger partial charge in [-0.2, -0.15) is 4.42 Å². The zero-order chi connectivity index (χ0) is 11.0. The van der Waals surface area contributed by atoms with Crippen LogP contribution in [-0.4, -0.2) is 0 Å². The minimum Gasteiger partial charge on any atom is -0.194 e. The van der Waals surface area contributed by atoms with Crippen molar-refractivity contribution in [1.29, 1.82) is 0 Å². The van der Waals surface area contributed by atoms with Gasteiger partial charge < -0.3 is 0 Å². The Morgan fingerprint density at radius 1 is 0.938 bits per heavy atom. The van der Waals surface area contributed by atoms with Gasteiger partial charge in [0.15, 0.2) is 0 Å². The lowest BCUT2D eigenvalue weighted by Gasteiger charge is -1.90. The van der Waals surface area contributed by atoms with Crippen molar-refractivity contribution in [3.63, 3.8) is 0 Å². The topological polar surface area (TPSA) is 11.3 Å².